The second-order valence-corrected chi connectivity index (χ2v) is 2.72. The zero-order valence-corrected chi connectivity index (χ0v) is 6.17. The molecule has 0 spiro atoms. The summed E-state index contributed by atoms with van der Waals surface area (Å²) in [5, 5.41) is 8.21. The van der Waals surface area contributed by atoms with Crippen LogP contribution in [-0.4, -0.2) is 23.2 Å². The zero-order valence-electron chi connectivity index (χ0n) is 5.42. The lowest BCUT2D eigenvalue weighted by atomic mass is 10.3. The van der Waals surface area contributed by atoms with Gasteiger partial charge in [0.1, 0.15) is 6.10 Å². The van der Waals surface area contributed by atoms with Gasteiger partial charge in [-0.25, -0.2) is 4.79 Å². The van der Waals surface area contributed by atoms with Gasteiger partial charge in [-0.1, -0.05) is 0 Å². The van der Waals surface area contributed by atoms with Gasteiger partial charge in [0.25, 0.3) is 0 Å². The van der Waals surface area contributed by atoms with Crippen LogP contribution in [0.5, 0.6) is 0 Å². The molecule has 10 heavy (non-hydrogen) atoms. The molecule has 1 N–H and O–H groups in total. The first-order chi connectivity index (χ1) is 4.74. The molecule has 0 saturated heterocycles. The molecule has 1 fully saturated rings. The Morgan fingerprint density at radius 3 is 2.70 bits per heavy atom. The standard InChI is InChI=1S/C6H9ClO3/c7-3-5(4-1-2-4)10-6(8)9/h4-5H,1-3H2,(H,8,9). The number of carboxylic acid groups (broad SMARTS) is 1. The van der Waals surface area contributed by atoms with Crippen molar-refractivity contribution in [3.05, 3.63) is 0 Å². The van der Waals surface area contributed by atoms with E-state index < -0.39 is 6.16 Å². The van der Waals surface area contributed by atoms with Crippen molar-refractivity contribution in [2.45, 2.75) is 18.9 Å². The van der Waals surface area contributed by atoms with E-state index in [0.717, 1.165) is 12.8 Å². The minimum absolute atomic E-state index is 0.275. The highest BCUT2D eigenvalue weighted by molar-refractivity contribution is 6.18. The molecule has 4 heteroatoms. The maximum atomic E-state index is 10.0. The maximum absolute atomic E-state index is 10.0. The van der Waals surface area contributed by atoms with Crippen LogP contribution in [0.3, 0.4) is 0 Å². The molecule has 0 aliphatic heterocycles. The third-order valence-electron chi connectivity index (χ3n) is 1.55. The Kier molecular flexibility index (Phi) is 2.38. The highest BCUT2D eigenvalue weighted by atomic mass is 35.5. The topological polar surface area (TPSA) is 46.5 Å². The molecular formula is C6H9ClO3. The van der Waals surface area contributed by atoms with Crippen molar-refractivity contribution in [2.75, 3.05) is 5.88 Å². The molecule has 0 aromatic carbocycles. The van der Waals surface area contributed by atoms with Crippen LogP contribution >= 0.6 is 11.6 Å². The van der Waals surface area contributed by atoms with Gasteiger partial charge in [0.05, 0.1) is 5.88 Å². The Hall–Kier alpha value is -0.440. The fraction of sp³-hybridized carbons (Fsp3) is 0.833. The third-order valence-corrected chi connectivity index (χ3v) is 1.86. The third kappa shape index (κ3) is 2.06. The van der Waals surface area contributed by atoms with Gasteiger partial charge >= 0.3 is 6.16 Å². The molecule has 0 aromatic heterocycles. The summed E-state index contributed by atoms with van der Waals surface area (Å²) in [6, 6.07) is 0. The predicted octanol–water partition coefficient (Wildman–Crippen LogP) is 1.70. The van der Waals surface area contributed by atoms with Crippen LogP contribution in [0.1, 0.15) is 12.8 Å². The van der Waals surface area contributed by atoms with E-state index in [-0.39, 0.29) is 12.0 Å². The van der Waals surface area contributed by atoms with E-state index in [2.05, 4.69) is 4.74 Å². The Balaban J connectivity index is 2.25. The highest BCUT2D eigenvalue weighted by Crippen LogP contribution is 2.34. The molecule has 1 saturated carbocycles. The number of halogens is 1. The van der Waals surface area contributed by atoms with Gasteiger partial charge < -0.3 is 9.84 Å². The van der Waals surface area contributed by atoms with E-state index in [1.165, 1.54) is 0 Å². The van der Waals surface area contributed by atoms with E-state index in [4.69, 9.17) is 16.7 Å². The van der Waals surface area contributed by atoms with E-state index in [1.54, 1.807) is 0 Å². The number of hydrogen-bond acceptors (Lipinski definition) is 2. The Bertz CT molecular complexity index is 133. The summed E-state index contributed by atoms with van der Waals surface area (Å²) in [6.07, 6.45) is 0.590. The first-order valence-electron chi connectivity index (χ1n) is 3.19. The number of carbonyl (C=O) groups is 1. The average Bonchev–Trinajstić information content (AvgIpc) is 2.63. The predicted molar refractivity (Wildman–Crippen MR) is 36.3 cm³/mol. The SMILES string of the molecule is O=C(O)OC(CCl)C1CC1. The fourth-order valence-corrected chi connectivity index (χ4v) is 1.17. The van der Waals surface area contributed by atoms with Crippen molar-refractivity contribution in [1.82, 2.24) is 0 Å². The second-order valence-electron chi connectivity index (χ2n) is 2.41. The summed E-state index contributed by atoms with van der Waals surface area (Å²) >= 11 is 5.46. The Labute approximate surface area is 63.9 Å². The summed E-state index contributed by atoms with van der Waals surface area (Å²) in [4.78, 5) is 10.0. The van der Waals surface area contributed by atoms with Crippen molar-refractivity contribution in [3.63, 3.8) is 0 Å². The van der Waals surface area contributed by atoms with Crippen molar-refractivity contribution in [3.8, 4) is 0 Å². The molecule has 1 atom stereocenters. The molecule has 1 aliphatic rings. The molecular weight excluding hydrogens is 156 g/mol. The summed E-state index contributed by atoms with van der Waals surface area (Å²) < 4.78 is 4.51. The van der Waals surface area contributed by atoms with Gasteiger partial charge in [0, 0.05) is 0 Å². The Morgan fingerprint density at radius 2 is 2.40 bits per heavy atom. The van der Waals surface area contributed by atoms with Gasteiger partial charge in [-0.2, -0.15) is 0 Å². The minimum Gasteiger partial charge on any atom is -0.450 e. The molecule has 1 rings (SSSR count). The molecule has 0 amide bonds. The summed E-state index contributed by atoms with van der Waals surface area (Å²) in [6.45, 7) is 0. The first-order valence-corrected chi connectivity index (χ1v) is 3.73. The smallest absolute Gasteiger partial charge is 0.450 e. The monoisotopic (exact) mass is 164 g/mol. The lowest BCUT2D eigenvalue weighted by Gasteiger charge is -2.10. The number of hydrogen-bond donors (Lipinski definition) is 1. The van der Waals surface area contributed by atoms with Gasteiger partial charge in [0.15, 0.2) is 0 Å². The largest absolute Gasteiger partial charge is 0.506 e. The van der Waals surface area contributed by atoms with Crippen molar-refractivity contribution in [1.29, 1.82) is 0 Å². The summed E-state index contributed by atoms with van der Waals surface area (Å²) in [7, 11) is 0. The molecule has 1 aliphatic carbocycles. The maximum Gasteiger partial charge on any atom is 0.506 e. The highest BCUT2D eigenvalue weighted by Gasteiger charge is 2.33. The zero-order chi connectivity index (χ0) is 7.56. The normalized spacial score (nSPS) is 20.1. The van der Waals surface area contributed by atoms with Crippen molar-refractivity contribution >= 4 is 17.8 Å². The fourth-order valence-electron chi connectivity index (χ4n) is 0.851. The molecule has 0 radical (unpaired) electrons. The van der Waals surface area contributed by atoms with Crippen molar-refractivity contribution in [2.24, 2.45) is 5.92 Å². The van der Waals surface area contributed by atoms with Gasteiger partial charge in [-0.3, -0.25) is 0 Å². The van der Waals surface area contributed by atoms with Crippen molar-refractivity contribution < 1.29 is 14.6 Å². The molecule has 3 nitrogen and oxygen atoms in total. The first kappa shape index (κ1) is 7.66. The van der Waals surface area contributed by atoms with Crippen LogP contribution in [0.4, 0.5) is 4.79 Å². The molecule has 0 aromatic rings. The molecule has 0 bridgehead atoms. The van der Waals surface area contributed by atoms with E-state index in [1.807, 2.05) is 0 Å². The molecule has 0 heterocycles. The Morgan fingerprint density at radius 1 is 1.80 bits per heavy atom. The number of ether oxygens (including phenoxy) is 1. The van der Waals surface area contributed by atoms with E-state index in [0.29, 0.717) is 5.92 Å². The number of alkyl halides is 1. The lowest BCUT2D eigenvalue weighted by Crippen LogP contribution is -2.20. The van der Waals surface area contributed by atoms with Gasteiger partial charge in [-0.05, 0) is 18.8 Å². The summed E-state index contributed by atoms with van der Waals surface area (Å²) in [5.41, 5.74) is 0. The second kappa shape index (κ2) is 3.10. The quantitative estimate of drug-likeness (QED) is 0.510. The number of rotatable bonds is 3. The van der Waals surface area contributed by atoms with Crippen LogP contribution in [0.2, 0.25) is 0 Å². The summed E-state index contributed by atoms with van der Waals surface area (Å²) in [5.74, 6) is 0.658. The van der Waals surface area contributed by atoms with Crippen LogP contribution in [0, 0.1) is 5.92 Å². The minimum atomic E-state index is -1.22. The molecule has 58 valence electrons. The van der Waals surface area contributed by atoms with E-state index in [9.17, 15) is 4.79 Å². The van der Waals surface area contributed by atoms with Gasteiger partial charge in [0.2, 0.25) is 0 Å². The van der Waals surface area contributed by atoms with Crippen LogP contribution in [0.25, 0.3) is 0 Å². The van der Waals surface area contributed by atoms with Crippen LogP contribution < -0.4 is 0 Å². The van der Waals surface area contributed by atoms with Crippen LogP contribution in [0.15, 0.2) is 0 Å². The average molecular weight is 165 g/mol. The molecule has 1 unspecified atom stereocenters. The van der Waals surface area contributed by atoms with Gasteiger partial charge in [-0.15, -0.1) is 11.6 Å². The van der Waals surface area contributed by atoms with Crippen LogP contribution in [-0.2, 0) is 4.74 Å². The lowest BCUT2D eigenvalue weighted by molar-refractivity contribution is 0.0518. The van der Waals surface area contributed by atoms with E-state index >= 15 is 0 Å².